The van der Waals surface area contributed by atoms with Crippen LogP contribution in [0.4, 0.5) is 8.78 Å². The second kappa shape index (κ2) is 8.34. The van der Waals surface area contributed by atoms with Gasteiger partial charge in [-0.25, -0.2) is 0 Å². The molecule has 0 radical (unpaired) electrons. The van der Waals surface area contributed by atoms with E-state index in [-0.39, 0.29) is 23.3 Å². The summed E-state index contributed by atoms with van der Waals surface area (Å²) in [6.45, 7) is -1.31. The zero-order chi connectivity index (χ0) is 19.4. The van der Waals surface area contributed by atoms with E-state index in [1.165, 1.54) is 36.6 Å². The molecular formula is C18H18F2N2O4S. The molecule has 0 saturated carbocycles. The molecule has 2 aromatic rings. The van der Waals surface area contributed by atoms with E-state index in [0.717, 1.165) is 0 Å². The topological polar surface area (TPSA) is 59.1 Å². The number of alkyl halides is 2. The van der Waals surface area contributed by atoms with Crippen molar-refractivity contribution in [2.45, 2.75) is 6.61 Å². The lowest BCUT2D eigenvalue weighted by Gasteiger charge is -2.34. The fourth-order valence-electron chi connectivity index (χ4n) is 2.85. The fourth-order valence-corrected chi connectivity index (χ4v) is 3.54. The molecule has 1 aromatic heterocycles. The molecule has 1 aliphatic rings. The van der Waals surface area contributed by atoms with Gasteiger partial charge in [-0.2, -0.15) is 8.78 Å². The summed E-state index contributed by atoms with van der Waals surface area (Å²) in [5.74, 6) is -0.351. The highest BCUT2D eigenvalue weighted by Gasteiger charge is 2.26. The first-order valence-electron chi connectivity index (χ1n) is 8.24. The number of rotatable bonds is 5. The predicted octanol–water partition coefficient (Wildman–Crippen LogP) is 2.96. The van der Waals surface area contributed by atoms with Crippen molar-refractivity contribution in [3.05, 3.63) is 46.2 Å². The van der Waals surface area contributed by atoms with Crippen LogP contribution in [0.3, 0.4) is 0 Å². The van der Waals surface area contributed by atoms with Gasteiger partial charge in [0.05, 0.1) is 12.0 Å². The van der Waals surface area contributed by atoms with E-state index < -0.39 is 6.61 Å². The number of benzene rings is 1. The molecule has 144 valence electrons. The van der Waals surface area contributed by atoms with Crippen LogP contribution in [-0.4, -0.2) is 61.5 Å². The Kier molecular flexibility index (Phi) is 5.90. The molecule has 9 heteroatoms. The third kappa shape index (κ3) is 4.36. The molecule has 0 N–H and O–H groups in total. The van der Waals surface area contributed by atoms with Crippen LogP contribution >= 0.6 is 11.3 Å². The van der Waals surface area contributed by atoms with E-state index in [1.54, 1.807) is 15.9 Å². The average Bonchev–Trinajstić information content (AvgIpc) is 3.21. The number of amides is 2. The molecule has 1 aromatic carbocycles. The van der Waals surface area contributed by atoms with Crippen molar-refractivity contribution in [2.75, 3.05) is 33.3 Å². The van der Waals surface area contributed by atoms with Gasteiger partial charge < -0.3 is 19.3 Å². The summed E-state index contributed by atoms with van der Waals surface area (Å²) >= 11 is 1.39. The zero-order valence-corrected chi connectivity index (χ0v) is 15.4. The highest BCUT2D eigenvalue weighted by molar-refractivity contribution is 7.12. The predicted molar refractivity (Wildman–Crippen MR) is 95.8 cm³/mol. The maximum atomic E-state index is 12.7. The smallest absolute Gasteiger partial charge is 0.387 e. The van der Waals surface area contributed by atoms with Gasteiger partial charge in [0.15, 0.2) is 11.5 Å². The number of halogens is 2. The summed E-state index contributed by atoms with van der Waals surface area (Å²) in [5.41, 5.74) is 0.312. The minimum atomic E-state index is -2.98. The monoisotopic (exact) mass is 396 g/mol. The van der Waals surface area contributed by atoms with Gasteiger partial charge in [0, 0.05) is 31.7 Å². The van der Waals surface area contributed by atoms with Crippen molar-refractivity contribution in [2.24, 2.45) is 0 Å². The van der Waals surface area contributed by atoms with E-state index in [1.807, 2.05) is 11.4 Å². The van der Waals surface area contributed by atoms with Gasteiger partial charge in [0.2, 0.25) is 0 Å². The zero-order valence-electron chi connectivity index (χ0n) is 14.6. The Balaban J connectivity index is 1.64. The number of hydrogen-bond donors (Lipinski definition) is 0. The summed E-state index contributed by atoms with van der Waals surface area (Å²) < 4.78 is 34.2. The van der Waals surface area contributed by atoms with Gasteiger partial charge in [-0.3, -0.25) is 9.59 Å². The van der Waals surface area contributed by atoms with E-state index in [9.17, 15) is 18.4 Å². The summed E-state index contributed by atoms with van der Waals surface area (Å²) in [7, 11) is 1.32. The van der Waals surface area contributed by atoms with Crippen LogP contribution in [0, 0.1) is 0 Å². The number of nitrogens with zero attached hydrogens (tertiary/aromatic N) is 2. The molecule has 0 spiro atoms. The van der Waals surface area contributed by atoms with Crippen LogP contribution in [0.5, 0.6) is 11.5 Å². The number of piperazine rings is 1. The van der Waals surface area contributed by atoms with Gasteiger partial charge in [-0.05, 0) is 29.6 Å². The second-order valence-electron chi connectivity index (χ2n) is 5.81. The molecule has 2 heterocycles. The van der Waals surface area contributed by atoms with E-state index in [2.05, 4.69) is 4.74 Å². The van der Waals surface area contributed by atoms with Gasteiger partial charge in [-0.15, -0.1) is 11.3 Å². The van der Waals surface area contributed by atoms with Crippen LogP contribution in [0.15, 0.2) is 35.7 Å². The first kappa shape index (κ1) is 19.1. The number of ether oxygens (including phenoxy) is 2. The van der Waals surface area contributed by atoms with Gasteiger partial charge in [-0.1, -0.05) is 6.07 Å². The molecule has 1 fully saturated rings. The summed E-state index contributed by atoms with van der Waals surface area (Å²) in [6.07, 6.45) is 0. The normalized spacial score (nSPS) is 14.4. The minimum absolute atomic E-state index is 0.0349. The molecular weight excluding hydrogens is 378 g/mol. The van der Waals surface area contributed by atoms with Gasteiger partial charge in [0.25, 0.3) is 11.8 Å². The molecule has 3 rings (SSSR count). The van der Waals surface area contributed by atoms with Crippen LogP contribution in [-0.2, 0) is 0 Å². The molecule has 0 bridgehead atoms. The van der Waals surface area contributed by atoms with Crippen molar-refractivity contribution in [1.29, 1.82) is 0 Å². The SMILES string of the molecule is COc1cc(C(=O)N2CCN(C(=O)c3cccs3)CC2)ccc1OC(F)F. The van der Waals surface area contributed by atoms with Crippen molar-refractivity contribution in [3.8, 4) is 11.5 Å². The third-order valence-corrected chi connectivity index (χ3v) is 5.07. The third-order valence-electron chi connectivity index (χ3n) is 4.21. The lowest BCUT2D eigenvalue weighted by atomic mass is 10.1. The maximum absolute atomic E-state index is 12.7. The largest absolute Gasteiger partial charge is 0.493 e. The van der Waals surface area contributed by atoms with Crippen LogP contribution < -0.4 is 9.47 Å². The summed E-state index contributed by atoms with van der Waals surface area (Å²) in [4.78, 5) is 29.1. The Bertz CT molecular complexity index is 806. The van der Waals surface area contributed by atoms with Gasteiger partial charge in [0.1, 0.15) is 0 Å². The average molecular weight is 396 g/mol. The highest BCUT2D eigenvalue weighted by Crippen LogP contribution is 2.30. The Morgan fingerprint density at radius 1 is 1.04 bits per heavy atom. The molecule has 0 aliphatic carbocycles. The summed E-state index contributed by atoms with van der Waals surface area (Å²) in [5, 5.41) is 1.85. The number of carbonyl (C=O) groups excluding carboxylic acids is 2. The number of carbonyl (C=O) groups is 2. The molecule has 0 atom stereocenters. The number of methoxy groups -OCH3 is 1. The van der Waals surface area contributed by atoms with Crippen LogP contribution in [0.2, 0.25) is 0 Å². The minimum Gasteiger partial charge on any atom is -0.493 e. The molecule has 1 saturated heterocycles. The van der Waals surface area contributed by atoms with Crippen molar-refractivity contribution in [3.63, 3.8) is 0 Å². The van der Waals surface area contributed by atoms with Crippen molar-refractivity contribution >= 4 is 23.2 Å². The second-order valence-corrected chi connectivity index (χ2v) is 6.75. The molecule has 6 nitrogen and oxygen atoms in total. The molecule has 2 amide bonds. The Hall–Kier alpha value is -2.68. The first-order chi connectivity index (χ1) is 13.0. The van der Waals surface area contributed by atoms with Crippen molar-refractivity contribution in [1.82, 2.24) is 9.80 Å². The lowest BCUT2D eigenvalue weighted by molar-refractivity contribution is -0.0512. The number of hydrogen-bond acceptors (Lipinski definition) is 5. The molecule has 27 heavy (non-hydrogen) atoms. The first-order valence-corrected chi connectivity index (χ1v) is 9.12. The molecule has 0 unspecified atom stereocenters. The quantitative estimate of drug-likeness (QED) is 0.780. The van der Waals surface area contributed by atoms with Gasteiger partial charge >= 0.3 is 6.61 Å². The molecule has 1 aliphatic heterocycles. The van der Waals surface area contributed by atoms with Crippen LogP contribution in [0.1, 0.15) is 20.0 Å². The van der Waals surface area contributed by atoms with Crippen LogP contribution in [0.25, 0.3) is 0 Å². The number of thiophene rings is 1. The maximum Gasteiger partial charge on any atom is 0.387 e. The lowest BCUT2D eigenvalue weighted by Crippen LogP contribution is -2.50. The van der Waals surface area contributed by atoms with E-state index in [4.69, 9.17) is 4.74 Å². The summed E-state index contributed by atoms with van der Waals surface area (Å²) in [6, 6.07) is 7.69. The highest BCUT2D eigenvalue weighted by atomic mass is 32.1. The van der Waals surface area contributed by atoms with E-state index >= 15 is 0 Å². The Morgan fingerprint density at radius 3 is 2.26 bits per heavy atom. The Morgan fingerprint density at radius 2 is 1.70 bits per heavy atom. The fraction of sp³-hybridized carbons (Fsp3) is 0.333. The van der Waals surface area contributed by atoms with Crippen molar-refractivity contribution < 1.29 is 27.8 Å². The Labute approximate surface area is 158 Å². The van der Waals surface area contributed by atoms with E-state index in [0.29, 0.717) is 36.6 Å². The standard InChI is InChI=1S/C18H18F2N2O4S/c1-25-14-11-12(4-5-13(14)26-18(19)20)16(23)21-6-8-22(9-7-21)17(24)15-3-2-10-27-15/h2-5,10-11,18H,6-9H2,1H3.